The standard InChI is InChI=1S/CHAsN6/c3-5-2-8-1-4-6-7-8/h1H. The number of nitrogens with zero attached hydrogens (tertiary/aromatic N) is 6. The molecule has 0 fully saturated rings. The van der Waals surface area contributed by atoms with Gasteiger partial charge in [-0.15, -0.1) is 0 Å². The summed E-state index contributed by atoms with van der Waals surface area (Å²) in [6.07, 6.45) is 1.40. The average molecular weight is 172 g/mol. The summed E-state index contributed by atoms with van der Waals surface area (Å²) in [6, 6.07) is 0. The first-order valence-electron chi connectivity index (χ1n) is 1.72. The summed E-state index contributed by atoms with van der Waals surface area (Å²) in [6.45, 7) is 0. The van der Waals surface area contributed by atoms with Crippen LogP contribution < -0.4 is 3.66 Å². The first kappa shape index (κ1) is 5.28. The summed E-state index contributed by atoms with van der Waals surface area (Å²) in [5, 5.41) is 10.1. The van der Waals surface area contributed by atoms with E-state index in [1.807, 2.05) is 0 Å². The van der Waals surface area contributed by atoms with Crippen LogP contribution in [0.5, 0.6) is 0 Å². The average Bonchev–Trinajstić information content (AvgIpc) is 2.19. The Bertz CT molecular complexity index is 194. The Morgan fingerprint density at radius 2 is 2.62 bits per heavy atom. The minimum absolute atomic E-state index is 0.644. The van der Waals surface area contributed by atoms with Gasteiger partial charge in [-0.05, 0) is 0 Å². The zero-order valence-corrected chi connectivity index (χ0v) is 5.58. The zero-order valence-electron chi connectivity index (χ0n) is 3.71. The second kappa shape index (κ2) is 2.45. The summed E-state index contributed by atoms with van der Waals surface area (Å²) < 4.78 is 4.28. The van der Waals surface area contributed by atoms with Crippen LogP contribution in [0.3, 0.4) is 0 Å². The maximum atomic E-state index is 7.99. The summed E-state index contributed by atoms with van der Waals surface area (Å²) in [5.41, 5.74) is 7.99. The molecule has 0 saturated heterocycles. The normalized spacial score (nSPS) is 9.00. The van der Waals surface area contributed by atoms with Gasteiger partial charge in [0, 0.05) is 0 Å². The number of hydrogen-bond acceptors (Lipinski definition) is 3. The monoisotopic (exact) mass is 172 g/mol. The van der Waals surface area contributed by atoms with Crippen LogP contribution in [-0.4, -0.2) is 34.9 Å². The molecule has 7 heteroatoms. The van der Waals surface area contributed by atoms with Gasteiger partial charge in [-0.1, -0.05) is 0 Å². The summed E-state index contributed by atoms with van der Waals surface area (Å²) in [7, 11) is 0. The molecule has 0 N–H and O–H groups in total. The van der Waals surface area contributed by atoms with Crippen LogP contribution in [-0.2, 0) is 0 Å². The molecule has 0 saturated carbocycles. The van der Waals surface area contributed by atoms with Crippen molar-refractivity contribution in [2.75, 3.05) is 0 Å². The molecule has 1 rings (SSSR count). The molecule has 0 amide bonds. The van der Waals surface area contributed by atoms with E-state index in [1.165, 1.54) is 9.93 Å². The van der Waals surface area contributed by atoms with Gasteiger partial charge < -0.3 is 0 Å². The van der Waals surface area contributed by atoms with Crippen molar-refractivity contribution in [3.8, 4) is 0 Å². The van der Waals surface area contributed by atoms with Gasteiger partial charge in [-0.2, -0.15) is 0 Å². The Morgan fingerprint density at radius 1 is 1.75 bits per heavy atom. The molecule has 40 valence electrons. The van der Waals surface area contributed by atoms with E-state index in [0.717, 1.165) is 0 Å². The molecule has 0 atom stereocenters. The number of tetrazole rings is 1. The molecule has 0 unspecified atom stereocenters. The number of rotatable bonds is 1. The molecule has 1 aromatic heterocycles. The second-order valence-corrected chi connectivity index (χ2v) is 2.52. The van der Waals surface area contributed by atoms with Crippen molar-refractivity contribution >= 4 is 15.8 Å². The predicted octanol–water partition coefficient (Wildman–Crippen LogP) is -1.59. The van der Waals surface area contributed by atoms with E-state index >= 15 is 0 Å². The third-order valence-electron chi connectivity index (χ3n) is 0.470. The summed E-state index contributed by atoms with van der Waals surface area (Å²) in [4.78, 5) is 0. The van der Waals surface area contributed by atoms with Crippen molar-refractivity contribution in [1.29, 1.82) is 0 Å². The first-order valence-corrected chi connectivity index (χ1v) is 3.39. The predicted molar refractivity (Wildman–Crippen MR) is 24.5 cm³/mol. The Labute approximate surface area is 51.1 Å². The Kier molecular flexibility index (Phi) is 1.61. The number of hydrogen-bond donors (Lipinski definition) is 0. The van der Waals surface area contributed by atoms with Crippen LogP contribution in [0, 0.1) is 0 Å². The molecule has 0 aromatic carbocycles. The van der Waals surface area contributed by atoms with E-state index in [4.69, 9.17) is 5.53 Å². The quantitative estimate of drug-likeness (QED) is 0.291. The SMILES string of the molecule is [N-]=[N+]=[As]n1cnnn1. The van der Waals surface area contributed by atoms with Crippen LogP contribution >= 0.6 is 0 Å². The Morgan fingerprint density at radius 3 is 3.12 bits per heavy atom. The Balaban J connectivity index is 2.93. The van der Waals surface area contributed by atoms with Crippen LogP contribution in [0.2, 0.25) is 0 Å². The van der Waals surface area contributed by atoms with Gasteiger partial charge in [0.2, 0.25) is 0 Å². The van der Waals surface area contributed by atoms with E-state index < -0.39 is 15.8 Å². The molecule has 8 heavy (non-hydrogen) atoms. The van der Waals surface area contributed by atoms with E-state index in [1.54, 1.807) is 0 Å². The van der Waals surface area contributed by atoms with Crippen molar-refractivity contribution in [1.82, 2.24) is 22.8 Å². The molecule has 1 heterocycles. The van der Waals surface area contributed by atoms with Gasteiger partial charge in [0.05, 0.1) is 0 Å². The van der Waals surface area contributed by atoms with Crippen LogP contribution in [0.4, 0.5) is 0 Å². The van der Waals surface area contributed by atoms with Gasteiger partial charge >= 0.3 is 50.4 Å². The second-order valence-electron chi connectivity index (χ2n) is 0.909. The van der Waals surface area contributed by atoms with Crippen molar-refractivity contribution in [2.24, 2.45) is 0 Å². The zero-order chi connectivity index (χ0) is 5.82. The van der Waals surface area contributed by atoms with Crippen molar-refractivity contribution in [2.45, 2.75) is 0 Å². The van der Waals surface area contributed by atoms with E-state index in [0.29, 0.717) is 0 Å². The number of aromatic nitrogens is 4. The van der Waals surface area contributed by atoms with Gasteiger partial charge in [-0.3, -0.25) is 0 Å². The molecule has 6 nitrogen and oxygen atoms in total. The fraction of sp³-hybridized carbons (Fsp3) is 0. The Hall–Kier alpha value is -0.862. The van der Waals surface area contributed by atoms with E-state index in [9.17, 15) is 0 Å². The van der Waals surface area contributed by atoms with Crippen molar-refractivity contribution in [3.05, 3.63) is 11.9 Å². The summed E-state index contributed by atoms with van der Waals surface area (Å²) in [5.74, 6) is 0. The van der Waals surface area contributed by atoms with Crippen molar-refractivity contribution < 1.29 is 0 Å². The molecular formula is CHAsN6. The molecule has 0 bridgehead atoms. The van der Waals surface area contributed by atoms with E-state index in [-0.39, 0.29) is 0 Å². The third-order valence-corrected chi connectivity index (χ3v) is 1.41. The van der Waals surface area contributed by atoms with E-state index in [2.05, 4.69) is 19.2 Å². The fourth-order valence-electron chi connectivity index (χ4n) is 0.238. The molecular weight excluding hydrogens is 171 g/mol. The molecule has 1 aromatic rings. The maximum absolute atomic E-state index is 7.99. The summed E-state index contributed by atoms with van der Waals surface area (Å²) >= 11 is -0.644. The first-order chi connectivity index (χ1) is 3.93. The third kappa shape index (κ3) is 1.05. The molecule has 0 spiro atoms. The molecule has 0 radical (unpaired) electrons. The topological polar surface area (TPSA) is 80.0 Å². The van der Waals surface area contributed by atoms with Gasteiger partial charge in [0.1, 0.15) is 0 Å². The molecule has 0 aliphatic heterocycles. The minimum atomic E-state index is -0.644. The van der Waals surface area contributed by atoms with Gasteiger partial charge in [0.15, 0.2) is 0 Å². The van der Waals surface area contributed by atoms with Crippen LogP contribution in [0.25, 0.3) is 5.53 Å². The fourth-order valence-corrected chi connectivity index (χ4v) is 0.754. The van der Waals surface area contributed by atoms with Crippen LogP contribution in [0.1, 0.15) is 0 Å². The van der Waals surface area contributed by atoms with Gasteiger partial charge in [0.25, 0.3) is 0 Å². The van der Waals surface area contributed by atoms with Crippen LogP contribution in [0.15, 0.2) is 6.33 Å². The van der Waals surface area contributed by atoms with Crippen molar-refractivity contribution in [3.63, 3.8) is 0 Å². The van der Waals surface area contributed by atoms with Gasteiger partial charge in [-0.25, -0.2) is 0 Å². The molecule has 0 aliphatic rings. The molecule has 0 aliphatic carbocycles.